The molecule has 0 bridgehead atoms. The van der Waals surface area contributed by atoms with Gasteiger partial charge in [-0.05, 0) is 12.1 Å². The first-order chi connectivity index (χ1) is 5.25. The number of nitrogens with zero attached hydrogens (tertiary/aromatic N) is 1. The molecule has 1 heterocycles. The maximum atomic E-state index is 5.54. The highest BCUT2D eigenvalue weighted by atomic mass is 79.9. The molecule has 56 valence electrons. The summed E-state index contributed by atoms with van der Waals surface area (Å²) in [6.07, 6.45) is 3.78. The molecule has 0 saturated heterocycles. The predicted octanol–water partition coefficient (Wildman–Crippen LogP) is 2.12. The van der Waals surface area contributed by atoms with Crippen molar-refractivity contribution in [1.82, 2.24) is 4.68 Å². The van der Waals surface area contributed by atoms with Crippen molar-refractivity contribution in [2.75, 3.05) is 5.84 Å². The standard InChI is InChI=1S/C8H7BrN2/c9-8-2-1-6-4-11(10)5-7(6)3-8/h1-5H,10H2. The van der Waals surface area contributed by atoms with Gasteiger partial charge in [-0.1, -0.05) is 22.0 Å². The number of benzene rings is 1. The van der Waals surface area contributed by atoms with E-state index in [9.17, 15) is 0 Å². The largest absolute Gasteiger partial charge is 0.340 e. The molecule has 1 aromatic carbocycles. The maximum absolute atomic E-state index is 5.54. The molecule has 0 radical (unpaired) electrons. The van der Waals surface area contributed by atoms with E-state index in [0.29, 0.717) is 0 Å². The molecular weight excluding hydrogens is 204 g/mol. The molecule has 0 atom stereocenters. The summed E-state index contributed by atoms with van der Waals surface area (Å²) >= 11 is 3.39. The Kier molecular flexibility index (Phi) is 1.39. The fraction of sp³-hybridized carbons (Fsp3) is 0. The lowest BCUT2D eigenvalue weighted by molar-refractivity contribution is 1.03. The van der Waals surface area contributed by atoms with E-state index < -0.39 is 0 Å². The predicted molar refractivity (Wildman–Crippen MR) is 49.8 cm³/mol. The van der Waals surface area contributed by atoms with Crippen molar-refractivity contribution in [3.8, 4) is 0 Å². The summed E-state index contributed by atoms with van der Waals surface area (Å²) in [5.74, 6) is 5.54. The van der Waals surface area contributed by atoms with Crippen molar-refractivity contribution in [3.05, 3.63) is 35.1 Å². The van der Waals surface area contributed by atoms with Gasteiger partial charge in [0, 0.05) is 27.6 Å². The Morgan fingerprint density at radius 1 is 1.18 bits per heavy atom. The van der Waals surface area contributed by atoms with Crippen molar-refractivity contribution in [3.63, 3.8) is 0 Å². The second-order valence-electron chi connectivity index (χ2n) is 2.48. The molecule has 0 saturated carbocycles. The zero-order valence-electron chi connectivity index (χ0n) is 5.79. The van der Waals surface area contributed by atoms with E-state index in [1.165, 1.54) is 0 Å². The quantitative estimate of drug-likeness (QED) is 0.664. The molecule has 0 fully saturated rings. The van der Waals surface area contributed by atoms with Crippen LogP contribution in [0.25, 0.3) is 10.8 Å². The minimum atomic E-state index is 1.08. The summed E-state index contributed by atoms with van der Waals surface area (Å²) in [6.45, 7) is 0. The lowest BCUT2D eigenvalue weighted by Gasteiger charge is -1.88. The zero-order valence-corrected chi connectivity index (χ0v) is 7.38. The van der Waals surface area contributed by atoms with Gasteiger partial charge in [-0.2, -0.15) is 0 Å². The number of nitrogens with two attached hydrogens (primary N) is 1. The van der Waals surface area contributed by atoms with E-state index in [0.717, 1.165) is 15.2 Å². The number of nitrogen functional groups attached to an aromatic ring is 1. The topological polar surface area (TPSA) is 30.9 Å². The van der Waals surface area contributed by atoms with Gasteiger partial charge in [0.2, 0.25) is 0 Å². The molecule has 2 nitrogen and oxygen atoms in total. The van der Waals surface area contributed by atoms with E-state index in [4.69, 9.17) is 5.84 Å². The molecule has 2 aromatic rings. The molecule has 2 rings (SSSR count). The summed E-state index contributed by atoms with van der Waals surface area (Å²) in [5.41, 5.74) is 0. The Labute approximate surface area is 72.7 Å². The molecule has 1 aromatic heterocycles. The Morgan fingerprint density at radius 2 is 1.91 bits per heavy atom. The van der Waals surface area contributed by atoms with Crippen LogP contribution in [0.2, 0.25) is 0 Å². The van der Waals surface area contributed by atoms with Gasteiger partial charge < -0.3 is 5.84 Å². The molecule has 0 aliphatic rings. The summed E-state index contributed by atoms with van der Waals surface area (Å²) in [7, 11) is 0. The van der Waals surface area contributed by atoms with Crippen LogP contribution in [0.1, 0.15) is 0 Å². The van der Waals surface area contributed by atoms with Gasteiger partial charge >= 0.3 is 0 Å². The normalized spacial score (nSPS) is 10.6. The van der Waals surface area contributed by atoms with Crippen molar-refractivity contribution < 1.29 is 0 Å². The number of aromatic nitrogens is 1. The molecule has 0 unspecified atom stereocenters. The lowest BCUT2D eigenvalue weighted by Crippen LogP contribution is -2.02. The first kappa shape index (κ1) is 6.73. The van der Waals surface area contributed by atoms with Gasteiger partial charge in [-0.15, -0.1) is 0 Å². The average molecular weight is 211 g/mol. The highest BCUT2D eigenvalue weighted by Crippen LogP contribution is 2.19. The maximum Gasteiger partial charge on any atom is 0.0335 e. The van der Waals surface area contributed by atoms with Gasteiger partial charge in [0.1, 0.15) is 0 Å². The second kappa shape index (κ2) is 2.27. The lowest BCUT2D eigenvalue weighted by atomic mass is 10.2. The van der Waals surface area contributed by atoms with Gasteiger partial charge in [0.05, 0.1) is 0 Å². The van der Waals surface area contributed by atoms with Gasteiger partial charge in [0.25, 0.3) is 0 Å². The van der Waals surface area contributed by atoms with E-state index in [1.54, 1.807) is 4.68 Å². The molecule has 0 aliphatic heterocycles. The third kappa shape index (κ3) is 1.12. The van der Waals surface area contributed by atoms with E-state index in [-0.39, 0.29) is 0 Å². The van der Waals surface area contributed by atoms with Crippen LogP contribution < -0.4 is 5.84 Å². The van der Waals surface area contributed by atoms with E-state index in [1.807, 2.05) is 30.6 Å². The van der Waals surface area contributed by atoms with Crippen LogP contribution in [0.4, 0.5) is 0 Å². The minimum Gasteiger partial charge on any atom is -0.340 e. The van der Waals surface area contributed by atoms with E-state index in [2.05, 4.69) is 15.9 Å². The van der Waals surface area contributed by atoms with Crippen LogP contribution in [0.5, 0.6) is 0 Å². The molecule has 0 spiro atoms. The second-order valence-corrected chi connectivity index (χ2v) is 3.39. The van der Waals surface area contributed by atoms with Crippen LogP contribution in [-0.2, 0) is 0 Å². The third-order valence-corrected chi connectivity index (χ3v) is 2.12. The van der Waals surface area contributed by atoms with Crippen molar-refractivity contribution in [2.24, 2.45) is 0 Å². The Balaban J connectivity index is 2.82. The number of halogens is 1. The van der Waals surface area contributed by atoms with Crippen molar-refractivity contribution in [1.29, 1.82) is 0 Å². The highest BCUT2D eigenvalue weighted by Gasteiger charge is 1.95. The fourth-order valence-corrected chi connectivity index (χ4v) is 1.51. The van der Waals surface area contributed by atoms with E-state index >= 15 is 0 Å². The number of hydrogen-bond donors (Lipinski definition) is 1. The first-order valence-electron chi connectivity index (χ1n) is 3.28. The highest BCUT2D eigenvalue weighted by molar-refractivity contribution is 9.10. The smallest absolute Gasteiger partial charge is 0.0335 e. The van der Waals surface area contributed by atoms with Crippen LogP contribution in [0.15, 0.2) is 35.1 Å². The minimum absolute atomic E-state index is 1.08. The van der Waals surface area contributed by atoms with Gasteiger partial charge in [-0.25, -0.2) is 0 Å². The van der Waals surface area contributed by atoms with Crippen LogP contribution in [0, 0.1) is 0 Å². The average Bonchev–Trinajstić information content (AvgIpc) is 2.27. The van der Waals surface area contributed by atoms with Gasteiger partial charge in [-0.3, -0.25) is 4.68 Å². The van der Waals surface area contributed by atoms with Crippen LogP contribution >= 0.6 is 15.9 Å². The first-order valence-corrected chi connectivity index (χ1v) is 4.07. The third-order valence-electron chi connectivity index (χ3n) is 1.63. The summed E-state index contributed by atoms with van der Waals surface area (Å²) in [5, 5.41) is 2.32. The molecular formula is C8H7BrN2. The summed E-state index contributed by atoms with van der Waals surface area (Å²) in [6, 6.07) is 6.07. The Hall–Kier alpha value is -0.960. The SMILES string of the molecule is Nn1cc2ccc(Br)cc2c1. The zero-order chi connectivity index (χ0) is 7.84. The molecule has 0 aliphatic carbocycles. The Bertz CT molecular complexity index is 392. The molecule has 11 heavy (non-hydrogen) atoms. The van der Waals surface area contributed by atoms with Crippen LogP contribution in [0.3, 0.4) is 0 Å². The molecule has 2 N–H and O–H groups in total. The Morgan fingerprint density at radius 3 is 2.73 bits per heavy atom. The molecule has 3 heteroatoms. The number of rotatable bonds is 0. The molecule has 0 amide bonds. The summed E-state index contributed by atoms with van der Waals surface area (Å²) < 4.78 is 2.65. The fourth-order valence-electron chi connectivity index (χ4n) is 1.13. The van der Waals surface area contributed by atoms with Crippen molar-refractivity contribution >= 4 is 26.7 Å². The van der Waals surface area contributed by atoms with Crippen molar-refractivity contribution in [2.45, 2.75) is 0 Å². The van der Waals surface area contributed by atoms with Crippen LogP contribution in [-0.4, -0.2) is 4.68 Å². The van der Waals surface area contributed by atoms with Gasteiger partial charge in [0.15, 0.2) is 0 Å². The summed E-state index contributed by atoms with van der Waals surface area (Å²) in [4.78, 5) is 0. The number of hydrogen-bond acceptors (Lipinski definition) is 1. The number of fused-ring (bicyclic) bond motifs is 1. The monoisotopic (exact) mass is 210 g/mol.